The monoisotopic (exact) mass is 282 g/mol. The molecule has 0 aliphatic carbocycles. The molecule has 106 valence electrons. The van der Waals surface area contributed by atoms with Crippen LogP contribution in [0.5, 0.6) is 0 Å². The number of carbonyl (C=O) groups is 1. The molecule has 0 atom stereocenters. The van der Waals surface area contributed by atoms with Crippen molar-refractivity contribution in [1.82, 2.24) is 9.97 Å². The van der Waals surface area contributed by atoms with Gasteiger partial charge in [0, 0.05) is 0 Å². The highest BCUT2D eigenvalue weighted by atomic mass is 16.4. The summed E-state index contributed by atoms with van der Waals surface area (Å²) in [4.78, 5) is 18.6. The van der Waals surface area contributed by atoms with Crippen LogP contribution in [0.25, 0.3) is 22.2 Å². The summed E-state index contributed by atoms with van der Waals surface area (Å²) in [6.07, 6.45) is 0. The van der Waals surface area contributed by atoms with Gasteiger partial charge < -0.3 is 15.2 Å². The van der Waals surface area contributed by atoms with E-state index >= 15 is 0 Å². The second-order valence-corrected chi connectivity index (χ2v) is 4.89. The fourth-order valence-electron chi connectivity index (χ4n) is 2.42. The zero-order chi connectivity index (χ0) is 15.0. The molecule has 0 fully saturated rings. The number of aromatic carboxylic acids is 1. The zero-order valence-electron chi connectivity index (χ0n) is 11.4. The lowest BCUT2D eigenvalue weighted by Crippen LogP contribution is -1.99. The van der Waals surface area contributed by atoms with Crippen LogP contribution in [0.1, 0.15) is 21.7 Å². The number of aromatic amines is 1. The minimum atomic E-state index is -0.987. The molecule has 3 N–H and O–H groups in total. The van der Waals surface area contributed by atoms with Gasteiger partial charge in [-0.3, -0.25) is 0 Å². The Kier molecular flexibility index (Phi) is 3.19. The van der Waals surface area contributed by atoms with Gasteiger partial charge >= 0.3 is 5.97 Å². The highest BCUT2D eigenvalue weighted by Gasteiger charge is 2.11. The molecule has 0 amide bonds. The number of aryl methyl sites for hydroxylation is 1. The van der Waals surface area contributed by atoms with Gasteiger partial charge in [-0.2, -0.15) is 0 Å². The number of imidazole rings is 1. The van der Waals surface area contributed by atoms with E-state index in [-0.39, 0.29) is 12.2 Å². The van der Waals surface area contributed by atoms with Crippen molar-refractivity contribution in [2.24, 2.45) is 0 Å². The Bertz CT molecular complexity index is 837. The Morgan fingerprint density at radius 3 is 2.76 bits per heavy atom. The SMILES string of the molecule is Cc1nc2ccc(-c3cc(C(=O)O)ccc3CO)cc2[nH]1. The van der Waals surface area contributed by atoms with Crippen molar-refractivity contribution in [2.75, 3.05) is 0 Å². The Morgan fingerprint density at radius 2 is 2.05 bits per heavy atom. The highest BCUT2D eigenvalue weighted by molar-refractivity contribution is 5.91. The van der Waals surface area contributed by atoms with Gasteiger partial charge in [-0.15, -0.1) is 0 Å². The standard InChI is InChI=1S/C16H14N2O3/c1-9-17-14-5-4-10(7-15(14)18-9)13-6-11(16(20)21)2-3-12(13)8-19/h2-7,19H,8H2,1H3,(H,17,18)(H,20,21). The van der Waals surface area contributed by atoms with E-state index in [0.29, 0.717) is 11.1 Å². The maximum Gasteiger partial charge on any atom is 0.335 e. The predicted molar refractivity (Wildman–Crippen MR) is 79.1 cm³/mol. The minimum Gasteiger partial charge on any atom is -0.478 e. The topological polar surface area (TPSA) is 86.2 Å². The molecule has 0 aliphatic heterocycles. The van der Waals surface area contributed by atoms with Crippen molar-refractivity contribution in [3.05, 3.63) is 53.3 Å². The van der Waals surface area contributed by atoms with E-state index in [4.69, 9.17) is 5.11 Å². The molecule has 0 saturated heterocycles. The van der Waals surface area contributed by atoms with Crippen molar-refractivity contribution in [1.29, 1.82) is 0 Å². The maximum absolute atomic E-state index is 11.1. The number of nitrogens with zero attached hydrogens (tertiary/aromatic N) is 1. The normalized spacial score (nSPS) is 11.0. The van der Waals surface area contributed by atoms with Gasteiger partial charge in [0.15, 0.2) is 0 Å². The fraction of sp³-hybridized carbons (Fsp3) is 0.125. The third-order valence-electron chi connectivity index (χ3n) is 3.44. The van der Waals surface area contributed by atoms with E-state index in [1.807, 2.05) is 25.1 Å². The van der Waals surface area contributed by atoms with Crippen LogP contribution in [0.3, 0.4) is 0 Å². The average molecular weight is 282 g/mol. The fourth-order valence-corrected chi connectivity index (χ4v) is 2.42. The van der Waals surface area contributed by atoms with Gasteiger partial charge in [0.2, 0.25) is 0 Å². The number of aliphatic hydroxyl groups excluding tert-OH is 1. The number of benzene rings is 2. The smallest absolute Gasteiger partial charge is 0.335 e. The summed E-state index contributed by atoms with van der Waals surface area (Å²) in [7, 11) is 0. The van der Waals surface area contributed by atoms with Crippen molar-refractivity contribution < 1.29 is 15.0 Å². The first-order valence-electron chi connectivity index (χ1n) is 6.52. The van der Waals surface area contributed by atoms with Gasteiger partial charge in [0.1, 0.15) is 5.82 Å². The van der Waals surface area contributed by atoms with Crippen molar-refractivity contribution >= 4 is 17.0 Å². The van der Waals surface area contributed by atoms with E-state index in [1.54, 1.807) is 12.1 Å². The average Bonchev–Trinajstić information content (AvgIpc) is 2.85. The van der Waals surface area contributed by atoms with Crippen LogP contribution in [-0.2, 0) is 6.61 Å². The summed E-state index contributed by atoms with van der Waals surface area (Å²) < 4.78 is 0. The molecule has 0 radical (unpaired) electrons. The number of nitrogens with one attached hydrogen (secondary N) is 1. The van der Waals surface area contributed by atoms with Gasteiger partial charge in [0.05, 0.1) is 23.2 Å². The molecule has 0 aliphatic rings. The third kappa shape index (κ3) is 2.39. The number of aliphatic hydroxyl groups is 1. The number of rotatable bonds is 3. The van der Waals surface area contributed by atoms with Gasteiger partial charge in [-0.25, -0.2) is 9.78 Å². The lowest BCUT2D eigenvalue weighted by molar-refractivity contribution is 0.0697. The summed E-state index contributed by atoms with van der Waals surface area (Å²) in [5.74, 6) is -0.164. The zero-order valence-corrected chi connectivity index (χ0v) is 11.4. The molecule has 0 unspecified atom stereocenters. The van der Waals surface area contributed by atoms with Crippen molar-refractivity contribution in [3.63, 3.8) is 0 Å². The van der Waals surface area contributed by atoms with Crippen LogP contribution < -0.4 is 0 Å². The molecule has 0 spiro atoms. The van der Waals surface area contributed by atoms with Crippen LogP contribution in [0, 0.1) is 6.92 Å². The molecule has 21 heavy (non-hydrogen) atoms. The Balaban J connectivity index is 2.19. The lowest BCUT2D eigenvalue weighted by atomic mass is 9.97. The third-order valence-corrected chi connectivity index (χ3v) is 3.44. The number of carboxylic acids is 1. The number of hydrogen-bond acceptors (Lipinski definition) is 3. The van der Waals surface area contributed by atoms with Crippen LogP contribution >= 0.6 is 0 Å². The molecule has 2 aromatic carbocycles. The molecule has 3 rings (SSSR count). The highest BCUT2D eigenvalue weighted by Crippen LogP contribution is 2.28. The van der Waals surface area contributed by atoms with Crippen molar-refractivity contribution in [2.45, 2.75) is 13.5 Å². The van der Waals surface area contributed by atoms with E-state index in [9.17, 15) is 9.90 Å². The molecule has 5 heteroatoms. The number of carboxylic acid groups (broad SMARTS) is 1. The maximum atomic E-state index is 11.1. The quantitative estimate of drug-likeness (QED) is 0.689. The van der Waals surface area contributed by atoms with Crippen LogP contribution in [-0.4, -0.2) is 26.2 Å². The second-order valence-electron chi connectivity index (χ2n) is 4.89. The lowest BCUT2D eigenvalue weighted by Gasteiger charge is -2.09. The number of fused-ring (bicyclic) bond motifs is 1. The Labute approximate surface area is 120 Å². The first-order chi connectivity index (χ1) is 10.1. The van der Waals surface area contributed by atoms with E-state index in [0.717, 1.165) is 22.4 Å². The first-order valence-corrected chi connectivity index (χ1v) is 6.52. The number of H-pyrrole nitrogens is 1. The summed E-state index contributed by atoms with van der Waals surface area (Å²) >= 11 is 0. The molecular weight excluding hydrogens is 268 g/mol. The first kappa shape index (κ1) is 13.3. The molecule has 1 heterocycles. The van der Waals surface area contributed by atoms with E-state index < -0.39 is 5.97 Å². The van der Waals surface area contributed by atoms with Gasteiger partial charge in [-0.05, 0) is 47.9 Å². The van der Waals surface area contributed by atoms with Crippen LogP contribution in [0.4, 0.5) is 0 Å². The van der Waals surface area contributed by atoms with Gasteiger partial charge in [0.25, 0.3) is 0 Å². The second kappa shape index (κ2) is 5.03. The minimum absolute atomic E-state index is 0.144. The summed E-state index contributed by atoms with van der Waals surface area (Å²) in [6.45, 7) is 1.74. The largest absolute Gasteiger partial charge is 0.478 e. The molecule has 0 saturated carbocycles. The summed E-state index contributed by atoms with van der Waals surface area (Å²) in [6, 6.07) is 10.4. The van der Waals surface area contributed by atoms with E-state index in [2.05, 4.69) is 9.97 Å². The molecule has 0 bridgehead atoms. The Morgan fingerprint density at radius 1 is 1.24 bits per heavy atom. The molecule has 1 aromatic heterocycles. The predicted octanol–water partition coefficient (Wildman–Crippen LogP) is 2.73. The van der Waals surface area contributed by atoms with E-state index in [1.165, 1.54) is 6.07 Å². The number of aromatic nitrogens is 2. The van der Waals surface area contributed by atoms with Crippen LogP contribution in [0.2, 0.25) is 0 Å². The Hall–Kier alpha value is -2.66. The van der Waals surface area contributed by atoms with Crippen molar-refractivity contribution in [3.8, 4) is 11.1 Å². The molecular formula is C16H14N2O3. The molecule has 3 aromatic rings. The van der Waals surface area contributed by atoms with Gasteiger partial charge in [-0.1, -0.05) is 12.1 Å². The van der Waals surface area contributed by atoms with Crippen LogP contribution in [0.15, 0.2) is 36.4 Å². The number of hydrogen-bond donors (Lipinski definition) is 3. The summed E-state index contributed by atoms with van der Waals surface area (Å²) in [5, 5.41) is 18.6. The summed E-state index contributed by atoms with van der Waals surface area (Å²) in [5.41, 5.74) is 4.19. The molecule has 5 nitrogen and oxygen atoms in total.